The molecule has 76 valence electrons. The third-order valence-electron chi connectivity index (χ3n) is 2.64. The Hall–Kier alpha value is -0.570. The summed E-state index contributed by atoms with van der Waals surface area (Å²) in [4.78, 5) is 11.6. The fourth-order valence-electron chi connectivity index (χ4n) is 1.55. The van der Waals surface area contributed by atoms with E-state index in [2.05, 4.69) is 5.32 Å². The number of hydrogen-bond donors (Lipinski definition) is 1. The molecule has 3 heteroatoms. The summed E-state index contributed by atoms with van der Waals surface area (Å²) in [5.41, 5.74) is -0.236. The van der Waals surface area contributed by atoms with Crippen LogP contribution in [0.25, 0.3) is 0 Å². The van der Waals surface area contributed by atoms with Crippen molar-refractivity contribution in [3.05, 3.63) is 0 Å². The molecule has 0 aromatic heterocycles. The maximum Gasteiger partial charge on any atom is 0.311 e. The SMILES string of the molecule is CCCOC(=O)C1(C)CCNCC1. The van der Waals surface area contributed by atoms with Gasteiger partial charge in [0.2, 0.25) is 0 Å². The van der Waals surface area contributed by atoms with E-state index in [1.807, 2.05) is 13.8 Å². The quantitative estimate of drug-likeness (QED) is 0.674. The summed E-state index contributed by atoms with van der Waals surface area (Å²) in [5, 5.41) is 3.24. The zero-order valence-corrected chi connectivity index (χ0v) is 8.56. The number of esters is 1. The maximum absolute atomic E-state index is 11.6. The van der Waals surface area contributed by atoms with Gasteiger partial charge in [-0.25, -0.2) is 0 Å². The van der Waals surface area contributed by atoms with Crippen LogP contribution in [0.3, 0.4) is 0 Å². The summed E-state index contributed by atoms with van der Waals surface area (Å²) in [6.45, 7) is 6.43. The molecule has 13 heavy (non-hydrogen) atoms. The number of ether oxygens (including phenoxy) is 1. The van der Waals surface area contributed by atoms with Crippen LogP contribution in [-0.4, -0.2) is 25.7 Å². The van der Waals surface area contributed by atoms with Crippen LogP contribution in [0.5, 0.6) is 0 Å². The molecule has 1 fully saturated rings. The average molecular weight is 185 g/mol. The number of piperidine rings is 1. The number of hydrogen-bond acceptors (Lipinski definition) is 3. The van der Waals surface area contributed by atoms with Crippen molar-refractivity contribution in [3.8, 4) is 0 Å². The molecule has 0 saturated carbocycles. The summed E-state index contributed by atoms with van der Waals surface area (Å²) < 4.78 is 5.17. The molecule has 1 N–H and O–H groups in total. The van der Waals surface area contributed by atoms with Gasteiger partial charge in [-0.2, -0.15) is 0 Å². The van der Waals surface area contributed by atoms with Gasteiger partial charge in [0.1, 0.15) is 0 Å². The molecule has 0 bridgehead atoms. The Balaban J connectivity index is 2.42. The van der Waals surface area contributed by atoms with Gasteiger partial charge in [0.05, 0.1) is 12.0 Å². The molecule has 3 nitrogen and oxygen atoms in total. The van der Waals surface area contributed by atoms with E-state index in [1.54, 1.807) is 0 Å². The van der Waals surface area contributed by atoms with Gasteiger partial charge < -0.3 is 10.1 Å². The highest BCUT2D eigenvalue weighted by molar-refractivity contribution is 5.76. The minimum Gasteiger partial charge on any atom is -0.465 e. The van der Waals surface area contributed by atoms with E-state index in [9.17, 15) is 4.79 Å². The third kappa shape index (κ3) is 2.69. The molecular formula is C10H19NO2. The molecule has 0 aromatic carbocycles. The third-order valence-corrected chi connectivity index (χ3v) is 2.64. The van der Waals surface area contributed by atoms with Gasteiger partial charge in [-0.15, -0.1) is 0 Å². The van der Waals surface area contributed by atoms with Gasteiger partial charge in [-0.1, -0.05) is 6.92 Å². The second-order valence-corrected chi connectivity index (χ2v) is 3.95. The van der Waals surface area contributed by atoms with Crippen molar-refractivity contribution in [3.63, 3.8) is 0 Å². The van der Waals surface area contributed by atoms with Gasteiger partial charge >= 0.3 is 5.97 Å². The van der Waals surface area contributed by atoms with Crippen LogP contribution in [0, 0.1) is 5.41 Å². The van der Waals surface area contributed by atoms with Crippen molar-refractivity contribution in [2.45, 2.75) is 33.1 Å². The molecule has 1 aliphatic heterocycles. The number of rotatable bonds is 3. The first-order chi connectivity index (χ1) is 6.19. The molecule has 0 aromatic rings. The van der Waals surface area contributed by atoms with Crippen LogP contribution in [0.4, 0.5) is 0 Å². The van der Waals surface area contributed by atoms with Crippen molar-refractivity contribution in [2.75, 3.05) is 19.7 Å². The lowest BCUT2D eigenvalue weighted by Gasteiger charge is -2.31. The number of nitrogens with one attached hydrogen (secondary N) is 1. The van der Waals surface area contributed by atoms with Crippen LogP contribution in [0.1, 0.15) is 33.1 Å². The van der Waals surface area contributed by atoms with Gasteiger partial charge in [0.15, 0.2) is 0 Å². The largest absolute Gasteiger partial charge is 0.465 e. The number of carbonyl (C=O) groups excluding carboxylic acids is 1. The zero-order chi connectivity index (χ0) is 9.73. The highest BCUT2D eigenvalue weighted by Crippen LogP contribution is 2.29. The Bertz CT molecular complexity index is 174. The Morgan fingerprint density at radius 1 is 1.46 bits per heavy atom. The molecule has 0 spiro atoms. The van der Waals surface area contributed by atoms with Crippen LogP contribution in [-0.2, 0) is 9.53 Å². The van der Waals surface area contributed by atoms with Crippen molar-refractivity contribution in [1.29, 1.82) is 0 Å². The Kier molecular flexibility index (Phi) is 3.72. The van der Waals surface area contributed by atoms with E-state index in [1.165, 1.54) is 0 Å². The summed E-state index contributed by atoms with van der Waals surface area (Å²) in [5.74, 6) is -0.0177. The van der Waals surface area contributed by atoms with Crippen LogP contribution >= 0.6 is 0 Å². The van der Waals surface area contributed by atoms with Crippen LogP contribution in [0.2, 0.25) is 0 Å². The van der Waals surface area contributed by atoms with E-state index >= 15 is 0 Å². The van der Waals surface area contributed by atoms with Gasteiger partial charge in [0, 0.05) is 0 Å². The summed E-state index contributed by atoms with van der Waals surface area (Å²) >= 11 is 0. The predicted molar refractivity (Wildman–Crippen MR) is 51.5 cm³/mol. The lowest BCUT2D eigenvalue weighted by atomic mass is 9.81. The summed E-state index contributed by atoms with van der Waals surface area (Å²) in [6, 6.07) is 0. The predicted octanol–water partition coefficient (Wildman–Crippen LogP) is 1.33. The van der Waals surface area contributed by atoms with E-state index in [0.29, 0.717) is 6.61 Å². The van der Waals surface area contributed by atoms with Crippen molar-refractivity contribution >= 4 is 5.97 Å². The highest BCUT2D eigenvalue weighted by Gasteiger charge is 2.35. The van der Waals surface area contributed by atoms with E-state index in [0.717, 1.165) is 32.4 Å². The summed E-state index contributed by atoms with van der Waals surface area (Å²) in [6.07, 6.45) is 2.70. The smallest absolute Gasteiger partial charge is 0.311 e. The molecular weight excluding hydrogens is 166 g/mol. The number of carbonyl (C=O) groups is 1. The molecule has 1 rings (SSSR count). The Morgan fingerprint density at radius 3 is 2.62 bits per heavy atom. The first kappa shape index (κ1) is 10.5. The molecule has 0 radical (unpaired) electrons. The molecule has 1 aliphatic rings. The molecule has 1 saturated heterocycles. The van der Waals surface area contributed by atoms with Crippen LogP contribution < -0.4 is 5.32 Å². The zero-order valence-electron chi connectivity index (χ0n) is 8.56. The maximum atomic E-state index is 11.6. The fourth-order valence-corrected chi connectivity index (χ4v) is 1.55. The standard InChI is InChI=1S/C10H19NO2/c1-3-8-13-9(12)10(2)4-6-11-7-5-10/h11H,3-8H2,1-2H3. The van der Waals surface area contributed by atoms with Gasteiger partial charge in [-0.05, 0) is 39.3 Å². The van der Waals surface area contributed by atoms with Crippen molar-refractivity contribution in [1.82, 2.24) is 5.32 Å². The first-order valence-corrected chi connectivity index (χ1v) is 5.07. The fraction of sp³-hybridized carbons (Fsp3) is 0.900. The lowest BCUT2D eigenvalue weighted by molar-refractivity contribution is -0.156. The van der Waals surface area contributed by atoms with E-state index in [-0.39, 0.29) is 11.4 Å². The Morgan fingerprint density at radius 2 is 2.08 bits per heavy atom. The minimum absolute atomic E-state index is 0.0177. The average Bonchev–Trinajstić information content (AvgIpc) is 2.15. The van der Waals surface area contributed by atoms with Gasteiger partial charge in [-0.3, -0.25) is 4.79 Å². The normalized spacial score (nSPS) is 21.1. The molecule has 0 unspecified atom stereocenters. The highest BCUT2D eigenvalue weighted by atomic mass is 16.5. The Labute approximate surface area is 79.8 Å². The minimum atomic E-state index is -0.236. The van der Waals surface area contributed by atoms with Crippen LogP contribution in [0.15, 0.2) is 0 Å². The van der Waals surface area contributed by atoms with Gasteiger partial charge in [0.25, 0.3) is 0 Å². The molecule has 0 atom stereocenters. The first-order valence-electron chi connectivity index (χ1n) is 5.07. The molecule has 0 aliphatic carbocycles. The summed E-state index contributed by atoms with van der Waals surface area (Å²) in [7, 11) is 0. The van der Waals surface area contributed by atoms with E-state index < -0.39 is 0 Å². The monoisotopic (exact) mass is 185 g/mol. The van der Waals surface area contributed by atoms with Crippen molar-refractivity contribution < 1.29 is 9.53 Å². The van der Waals surface area contributed by atoms with Crippen molar-refractivity contribution in [2.24, 2.45) is 5.41 Å². The topological polar surface area (TPSA) is 38.3 Å². The second kappa shape index (κ2) is 4.61. The second-order valence-electron chi connectivity index (χ2n) is 3.95. The molecule has 1 heterocycles. The lowest BCUT2D eigenvalue weighted by Crippen LogP contribution is -2.41. The molecule has 0 amide bonds. The van der Waals surface area contributed by atoms with E-state index in [4.69, 9.17) is 4.74 Å².